The topological polar surface area (TPSA) is 3.24 Å². The smallest absolute Gasteiger partial charge is 0.0546 e. The summed E-state index contributed by atoms with van der Waals surface area (Å²) in [5.74, 6) is 0. The normalized spacial score (nSPS) is 11.6. The molecule has 234 valence electrons. The van der Waals surface area contributed by atoms with Crippen LogP contribution in [0, 0.1) is 0 Å². The van der Waals surface area contributed by atoms with Crippen LogP contribution in [0.15, 0.2) is 188 Å². The van der Waals surface area contributed by atoms with Crippen LogP contribution < -0.4 is 4.90 Å². The summed E-state index contributed by atoms with van der Waals surface area (Å²) in [6.45, 7) is 0. The monoisotopic (exact) mass is 653 g/mol. The van der Waals surface area contributed by atoms with Gasteiger partial charge in [0.1, 0.15) is 0 Å². The van der Waals surface area contributed by atoms with Gasteiger partial charge in [0.25, 0.3) is 0 Å². The summed E-state index contributed by atoms with van der Waals surface area (Å²) in [7, 11) is 0. The second-order valence-electron chi connectivity index (χ2n) is 12.9. The van der Waals surface area contributed by atoms with Crippen LogP contribution in [-0.4, -0.2) is 0 Å². The molecule has 0 saturated carbocycles. The third-order valence-corrected chi connectivity index (χ3v) is 11.3. The molecule has 2 heteroatoms. The minimum atomic E-state index is 1.12. The minimum absolute atomic E-state index is 1.12. The van der Waals surface area contributed by atoms with Gasteiger partial charge in [0.15, 0.2) is 0 Å². The first-order valence-corrected chi connectivity index (χ1v) is 17.9. The highest BCUT2D eigenvalue weighted by Gasteiger charge is 2.21. The number of benzene rings is 9. The molecule has 0 unspecified atom stereocenters. The lowest BCUT2D eigenvalue weighted by molar-refractivity contribution is 1.30. The van der Waals surface area contributed by atoms with Gasteiger partial charge in [-0.2, -0.15) is 0 Å². The van der Waals surface area contributed by atoms with Gasteiger partial charge < -0.3 is 4.90 Å². The number of para-hydroxylation sites is 1. The van der Waals surface area contributed by atoms with E-state index in [1.165, 1.54) is 74.7 Å². The first kappa shape index (κ1) is 28.8. The van der Waals surface area contributed by atoms with Crippen LogP contribution in [0.1, 0.15) is 0 Å². The molecule has 0 atom stereocenters. The van der Waals surface area contributed by atoms with Gasteiger partial charge in [-0.25, -0.2) is 0 Å². The quantitative estimate of drug-likeness (QED) is 0.167. The lowest BCUT2D eigenvalue weighted by atomic mass is 9.94. The van der Waals surface area contributed by atoms with E-state index in [0.29, 0.717) is 0 Å². The van der Waals surface area contributed by atoms with Crippen molar-refractivity contribution in [2.24, 2.45) is 0 Å². The molecule has 0 fully saturated rings. The summed E-state index contributed by atoms with van der Waals surface area (Å²) in [4.78, 5) is 2.47. The number of rotatable bonds is 5. The molecule has 1 aromatic heterocycles. The van der Waals surface area contributed by atoms with E-state index in [1.54, 1.807) is 0 Å². The molecule has 0 aliphatic rings. The zero-order valence-electron chi connectivity index (χ0n) is 27.3. The van der Waals surface area contributed by atoms with E-state index < -0.39 is 0 Å². The van der Waals surface area contributed by atoms with E-state index in [1.807, 2.05) is 11.3 Å². The molecule has 1 nitrogen and oxygen atoms in total. The van der Waals surface area contributed by atoms with Gasteiger partial charge in [0.2, 0.25) is 0 Å². The predicted molar refractivity (Wildman–Crippen MR) is 217 cm³/mol. The largest absolute Gasteiger partial charge is 0.309 e. The van der Waals surface area contributed by atoms with E-state index >= 15 is 0 Å². The number of hydrogen-bond acceptors (Lipinski definition) is 2. The number of anilines is 3. The highest BCUT2D eigenvalue weighted by Crippen LogP contribution is 2.47. The van der Waals surface area contributed by atoms with E-state index in [0.717, 1.165) is 17.1 Å². The van der Waals surface area contributed by atoms with E-state index in [4.69, 9.17) is 0 Å². The highest BCUT2D eigenvalue weighted by atomic mass is 32.1. The van der Waals surface area contributed by atoms with Crippen molar-refractivity contribution in [3.05, 3.63) is 188 Å². The molecule has 9 aromatic carbocycles. The van der Waals surface area contributed by atoms with Crippen molar-refractivity contribution in [2.45, 2.75) is 0 Å². The van der Waals surface area contributed by atoms with Crippen LogP contribution in [0.2, 0.25) is 0 Å². The van der Waals surface area contributed by atoms with Crippen LogP contribution in [0.5, 0.6) is 0 Å². The fraction of sp³-hybridized carbons (Fsp3) is 0. The standard InChI is InChI=1S/C48H31NS/c1-2-13-32(14-3-1)37-17-8-10-23-45(37)49(46-31-44-36-16-5-4-15-33(36)27-30-40(44)39-18-6-7-19-41(39)46)35-28-25-34(26-29-35)38-21-12-22-43-42-20-9-11-24-47(42)50-48(38)43/h1-31H. The summed E-state index contributed by atoms with van der Waals surface area (Å²) in [6.07, 6.45) is 0. The lowest BCUT2D eigenvalue weighted by Crippen LogP contribution is -2.12. The molecule has 0 N–H and O–H groups in total. The Morgan fingerprint density at radius 3 is 1.82 bits per heavy atom. The summed E-state index contributed by atoms with van der Waals surface area (Å²) >= 11 is 1.88. The van der Waals surface area contributed by atoms with Gasteiger partial charge in [0, 0.05) is 36.8 Å². The Labute approximate surface area is 294 Å². The second-order valence-corrected chi connectivity index (χ2v) is 13.9. The van der Waals surface area contributed by atoms with E-state index in [2.05, 4.69) is 193 Å². The van der Waals surface area contributed by atoms with Crippen molar-refractivity contribution < 1.29 is 0 Å². The molecular formula is C48H31NS. The fourth-order valence-electron chi connectivity index (χ4n) is 7.73. The Morgan fingerprint density at radius 1 is 0.340 bits per heavy atom. The highest BCUT2D eigenvalue weighted by molar-refractivity contribution is 7.26. The van der Waals surface area contributed by atoms with Gasteiger partial charge in [-0.3, -0.25) is 0 Å². The fourth-order valence-corrected chi connectivity index (χ4v) is 8.97. The van der Waals surface area contributed by atoms with Gasteiger partial charge in [-0.15, -0.1) is 11.3 Å². The van der Waals surface area contributed by atoms with E-state index in [-0.39, 0.29) is 0 Å². The number of nitrogens with zero attached hydrogens (tertiary/aromatic N) is 1. The number of thiophene rings is 1. The maximum atomic E-state index is 2.47. The average Bonchev–Trinajstić information content (AvgIpc) is 3.58. The van der Waals surface area contributed by atoms with Crippen molar-refractivity contribution in [1.29, 1.82) is 0 Å². The maximum absolute atomic E-state index is 2.47. The molecule has 0 saturated heterocycles. The molecule has 50 heavy (non-hydrogen) atoms. The molecule has 1 heterocycles. The predicted octanol–water partition coefficient (Wildman–Crippen LogP) is 14.3. The van der Waals surface area contributed by atoms with Crippen LogP contribution in [0.3, 0.4) is 0 Å². The summed E-state index contributed by atoms with van der Waals surface area (Å²) < 4.78 is 2.66. The van der Waals surface area contributed by atoms with Crippen molar-refractivity contribution in [1.82, 2.24) is 0 Å². The zero-order valence-corrected chi connectivity index (χ0v) is 28.1. The lowest BCUT2D eigenvalue weighted by Gasteiger charge is -2.30. The summed E-state index contributed by atoms with van der Waals surface area (Å²) in [5, 5.41) is 10.2. The molecule has 10 rings (SSSR count). The van der Waals surface area contributed by atoms with Crippen LogP contribution in [0.25, 0.3) is 74.7 Å². The maximum Gasteiger partial charge on any atom is 0.0546 e. The molecular weight excluding hydrogens is 623 g/mol. The van der Waals surface area contributed by atoms with Crippen molar-refractivity contribution in [3.63, 3.8) is 0 Å². The first-order valence-electron chi connectivity index (χ1n) is 17.1. The van der Waals surface area contributed by atoms with Crippen molar-refractivity contribution in [2.75, 3.05) is 4.90 Å². The second kappa shape index (κ2) is 11.7. The van der Waals surface area contributed by atoms with Crippen LogP contribution in [0.4, 0.5) is 17.1 Å². The van der Waals surface area contributed by atoms with Gasteiger partial charge in [-0.1, -0.05) is 158 Å². The SMILES string of the molecule is c1ccc(-c2ccccc2N(c2ccc(-c3cccc4c3sc3ccccc34)cc2)c2cc3c4ccccc4ccc3c3ccccc23)cc1. The van der Waals surface area contributed by atoms with Crippen LogP contribution >= 0.6 is 11.3 Å². The molecule has 0 aliphatic heterocycles. The average molecular weight is 654 g/mol. The van der Waals surface area contributed by atoms with Gasteiger partial charge in [0.05, 0.1) is 11.4 Å². The van der Waals surface area contributed by atoms with Gasteiger partial charge in [-0.05, 0) is 74.0 Å². The number of hydrogen-bond donors (Lipinski definition) is 0. The molecule has 0 radical (unpaired) electrons. The van der Waals surface area contributed by atoms with Crippen molar-refractivity contribution in [3.8, 4) is 22.3 Å². The van der Waals surface area contributed by atoms with Crippen molar-refractivity contribution >= 4 is 80.9 Å². The Balaban J connectivity index is 1.23. The summed E-state index contributed by atoms with van der Waals surface area (Å²) in [6, 6.07) is 68.7. The molecule has 0 amide bonds. The third kappa shape index (κ3) is 4.61. The van der Waals surface area contributed by atoms with Gasteiger partial charge >= 0.3 is 0 Å². The zero-order chi connectivity index (χ0) is 33.0. The molecule has 0 spiro atoms. The first-order chi connectivity index (χ1) is 24.8. The summed E-state index contributed by atoms with van der Waals surface area (Å²) in [5.41, 5.74) is 8.29. The molecule has 0 aliphatic carbocycles. The third-order valence-electron chi connectivity index (χ3n) is 10.1. The Hall–Kier alpha value is -6.22. The van der Waals surface area contributed by atoms with E-state index in [9.17, 15) is 0 Å². The Kier molecular flexibility index (Phi) is 6.75. The minimum Gasteiger partial charge on any atom is -0.309 e. The molecule has 10 aromatic rings. The number of fused-ring (bicyclic) bond motifs is 8. The Bertz CT molecular complexity index is 2870. The molecule has 0 bridgehead atoms. The Morgan fingerprint density at radius 2 is 0.960 bits per heavy atom. The van der Waals surface area contributed by atoms with Crippen LogP contribution in [-0.2, 0) is 0 Å².